The maximum atomic E-state index is 12.5. The first-order valence-electron chi connectivity index (χ1n) is 6.36. The fourth-order valence-corrected chi connectivity index (χ4v) is 2.64. The van der Waals surface area contributed by atoms with Gasteiger partial charge in [-0.3, -0.25) is 9.59 Å². The lowest BCUT2D eigenvalue weighted by molar-refractivity contribution is -0.142. The standard InChI is InChI=1S/C14H15F2NO3/c1-2-17-11(18)7-10(14(19)20)12(17)8-3-5-9(6-4-8)13(15)16/h3-6,10,12-13H,2,7H2,1H3,(H,19,20). The van der Waals surface area contributed by atoms with Gasteiger partial charge >= 0.3 is 5.97 Å². The summed E-state index contributed by atoms with van der Waals surface area (Å²) in [5.41, 5.74) is 0.461. The zero-order chi connectivity index (χ0) is 14.9. The van der Waals surface area contributed by atoms with Gasteiger partial charge < -0.3 is 10.0 Å². The summed E-state index contributed by atoms with van der Waals surface area (Å²) in [5.74, 6) is -2.10. The van der Waals surface area contributed by atoms with Gasteiger partial charge in [0.1, 0.15) is 0 Å². The molecule has 1 aromatic rings. The number of halogens is 2. The van der Waals surface area contributed by atoms with E-state index in [0.29, 0.717) is 12.1 Å². The molecule has 0 spiro atoms. The van der Waals surface area contributed by atoms with Gasteiger partial charge in [-0.1, -0.05) is 24.3 Å². The third kappa shape index (κ3) is 2.50. The van der Waals surface area contributed by atoms with Crippen molar-refractivity contribution in [3.8, 4) is 0 Å². The molecule has 1 heterocycles. The molecule has 1 amide bonds. The van der Waals surface area contributed by atoms with Crippen LogP contribution in [0, 0.1) is 5.92 Å². The number of alkyl halides is 2. The number of benzene rings is 1. The summed E-state index contributed by atoms with van der Waals surface area (Å²) in [6.45, 7) is 2.16. The Hall–Kier alpha value is -1.98. The highest BCUT2D eigenvalue weighted by Crippen LogP contribution is 2.38. The molecule has 6 heteroatoms. The van der Waals surface area contributed by atoms with E-state index < -0.39 is 24.4 Å². The van der Waals surface area contributed by atoms with Crippen LogP contribution < -0.4 is 0 Å². The Morgan fingerprint density at radius 1 is 1.40 bits per heavy atom. The van der Waals surface area contributed by atoms with Gasteiger partial charge in [-0.15, -0.1) is 0 Å². The molecule has 2 rings (SSSR count). The van der Waals surface area contributed by atoms with Gasteiger partial charge in [0.2, 0.25) is 5.91 Å². The Balaban J connectivity index is 2.35. The molecule has 0 aromatic heterocycles. The van der Waals surface area contributed by atoms with Crippen LogP contribution in [0.25, 0.3) is 0 Å². The molecular weight excluding hydrogens is 268 g/mol. The molecule has 0 saturated carbocycles. The smallest absolute Gasteiger partial charge is 0.309 e. The van der Waals surface area contributed by atoms with E-state index in [-0.39, 0.29) is 17.9 Å². The van der Waals surface area contributed by atoms with Crippen molar-refractivity contribution >= 4 is 11.9 Å². The summed E-state index contributed by atoms with van der Waals surface area (Å²) in [5, 5.41) is 9.22. The Bertz CT molecular complexity index is 516. The number of nitrogens with zero attached hydrogens (tertiary/aromatic N) is 1. The Morgan fingerprint density at radius 3 is 2.45 bits per heavy atom. The zero-order valence-electron chi connectivity index (χ0n) is 10.9. The minimum Gasteiger partial charge on any atom is -0.481 e. The van der Waals surface area contributed by atoms with E-state index in [4.69, 9.17) is 0 Å². The summed E-state index contributed by atoms with van der Waals surface area (Å²) >= 11 is 0. The number of rotatable bonds is 4. The molecule has 1 saturated heterocycles. The Morgan fingerprint density at radius 2 is 2.00 bits per heavy atom. The Kier molecular flexibility index (Phi) is 4.01. The molecule has 108 valence electrons. The van der Waals surface area contributed by atoms with Gasteiger partial charge in [0.05, 0.1) is 12.0 Å². The maximum Gasteiger partial charge on any atom is 0.309 e. The minimum atomic E-state index is -2.56. The number of carbonyl (C=O) groups is 2. The van der Waals surface area contributed by atoms with Crippen LogP contribution in [0.4, 0.5) is 8.78 Å². The van der Waals surface area contributed by atoms with Crippen molar-refractivity contribution in [1.29, 1.82) is 0 Å². The number of carboxylic acids is 1. The number of hydrogen-bond acceptors (Lipinski definition) is 2. The fourth-order valence-electron chi connectivity index (χ4n) is 2.64. The molecule has 4 nitrogen and oxygen atoms in total. The van der Waals surface area contributed by atoms with Crippen LogP contribution in [0.2, 0.25) is 0 Å². The molecule has 1 fully saturated rings. The summed E-state index contributed by atoms with van der Waals surface area (Å²) in [6.07, 6.45) is -2.61. The number of amides is 1. The first-order valence-corrected chi connectivity index (χ1v) is 6.36. The number of likely N-dealkylation sites (tertiary alicyclic amines) is 1. The molecule has 0 aliphatic carbocycles. The second-order valence-corrected chi connectivity index (χ2v) is 4.74. The minimum absolute atomic E-state index is 0.0512. The molecule has 0 radical (unpaired) electrons. The normalized spacial score (nSPS) is 22.6. The van der Waals surface area contributed by atoms with Gasteiger partial charge in [-0.05, 0) is 12.5 Å². The molecule has 0 bridgehead atoms. The lowest BCUT2D eigenvalue weighted by Gasteiger charge is -2.26. The molecule has 1 aromatic carbocycles. The van der Waals surface area contributed by atoms with E-state index in [1.165, 1.54) is 29.2 Å². The zero-order valence-corrected chi connectivity index (χ0v) is 10.9. The van der Waals surface area contributed by atoms with Crippen molar-refractivity contribution in [1.82, 2.24) is 4.90 Å². The van der Waals surface area contributed by atoms with Gasteiger partial charge in [-0.25, -0.2) is 8.78 Å². The second-order valence-electron chi connectivity index (χ2n) is 4.74. The first kappa shape index (κ1) is 14.4. The van der Waals surface area contributed by atoms with E-state index in [1.54, 1.807) is 6.92 Å². The molecule has 20 heavy (non-hydrogen) atoms. The topological polar surface area (TPSA) is 57.6 Å². The van der Waals surface area contributed by atoms with E-state index >= 15 is 0 Å². The van der Waals surface area contributed by atoms with Gasteiger partial charge in [-0.2, -0.15) is 0 Å². The van der Waals surface area contributed by atoms with Gasteiger partial charge in [0.25, 0.3) is 6.43 Å². The molecule has 2 atom stereocenters. The number of carbonyl (C=O) groups excluding carboxylic acids is 1. The molecular formula is C14H15F2NO3. The van der Waals surface area contributed by atoms with E-state index in [9.17, 15) is 23.5 Å². The highest BCUT2D eigenvalue weighted by Gasteiger charge is 2.43. The molecule has 2 unspecified atom stereocenters. The first-order chi connectivity index (χ1) is 9.45. The van der Waals surface area contributed by atoms with Crippen molar-refractivity contribution in [2.24, 2.45) is 5.92 Å². The lowest BCUT2D eigenvalue weighted by Crippen LogP contribution is -2.30. The SMILES string of the molecule is CCN1C(=O)CC(C(=O)O)C1c1ccc(C(F)F)cc1. The van der Waals surface area contributed by atoms with Crippen molar-refractivity contribution in [3.05, 3.63) is 35.4 Å². The predicted molar refractivity (Wildman–Crippen MR) is 67.3 cm³/mol. The monoisotopic (exact) mass is 283 g/mol. The van der Waals surface area contributed by atoms with E-state index in [2.05, 4.69) is 0 Å². The summed E-state index contributed by atoms with van der Waals surface area (Å²) in [4.78, 5) is 24.6. The predicted octanol–water partition coefficient (Wildman–Crippen LogP) is 2.62. The second kappa shape index (κ2) is 5.56. The lowest BCUT2D eigenvalue weighted by atomic mass is 9.93. The third-order valence-corrected chi connectivity index (χ3v) is 3.62. The van der Waals surface area contributed by atoms with E-state index in [1.807, 2.05) is 0 Å². The third-order valence-electron chi connectivity index (χ3n) is 3.62. The molecule has 1 aliphatic heterocycles. The summed E-state index contributed by atoms with van der Waals surface area (Å²) < 4.78 is 25.1. The van der Waals surface area contributed by atoms with Gasteiger partial charge in [0.15, 0.2) is 0 Å². The summed E-state index contributed by atoms with van der Waals surface area (Å²) in [6, 6.07) is 4.91. The highest BCUT2D eigenvalue weighted by molar-refractivity contribution is 5.87. The quantitative estimate of drug-likeness (QED) is 0.924. The van der Waals surface area contributed by atoms with Crippen molar-refractivity contribution < 1.29 is 23.5 Å². The highest BCUT2D eigenvalue weighted by atomic mass is 19.3. The average molecular weight is 283 g/mol. The molecule has 1 N–H and O–H groups in total. The van der Waals surface area contributed by atoms with Crippen molar-refractivity contribution in [3.63, 3.8) is 0 Å². The van der Waals surface area contributed by atoms with Crippen molar-refractivity contribution in [2.45, 2.75) is 25.8 Å². The average Bonchev–Trinajstić information content (AvgIpc) is 2.75. The van der Waals surface area contributed by atoms with Crippen molar-refractivity contribution in [2.75, 3.05) is 6.54 Å². The van der Waals surface area contributed by atoms with Crippen LogP contribution in [0.3, 0.4) is 0 Å². The largest absolute Gasteiger partial charge is 0.481 e. The fraction of sp³-hybridized carbons (Fsp3) is 0.429. The summed E-state index contributed by atoms with van der Waals surface area (Å²) in [7, 11) is 0. The van der Waals surface area contributed by atoms with Crippen LogP contribution in [0.1, 0.15) is 36.9 Å². The van der Waals surface area contributed by atoms with Crippen LogP contribution in [-0.4, -0.2) is 28.4 Å². The van der Waals surface area contributed by atoms with Crippen LogP contribution >= 0.6 is 0 Å². The number of hydrogen-bond donors (Lipinski definition) is 1. The maximum absolute atomic E-state index is 12.5. The van der Waals surface area contributed by atoms with E-state index in [0.717, 1.165) is 0 Å². The van der Waals surface area contributed by atoms with Crippen LogP contribution in [0.15, 0.2) is 24.3 Å². The van der Waals surface area contributed by atoms with Gasteiger partial charge in [0, 0.05) is 18.5 Å². The number of carboxylic acid groups (broad SMARTS) is 1. The number of aliphatic carboxylic acids is 1. The van der Waals surface area contributed by atoms with Crippen LogP contribution in [0.5, 0.6) is 0 Å². The Labute approximate surface area is 115 Å². The van der Waals surface area contributed by atoms with Crippen LogP contribution in [-0.2, 0) is 9.59 Å². The molecule has 1 aliphatic rings.